The molecular weight excluding hydrogens is 490 g/mol. The van der Waals surface area contributed by atoms with Crippen LogP contribution >= 0.6 is 35.6 Å². The number of ether oxygens (including phenoxy) is 3. The van der Waals surface area contributed by atoms with Gasteiger partial charge in [-0.1, -0.05) is 72.0 Å². The average Bonchev–Trinajstić information content (AvgIpc) is 3.12. The van der Waals surface area contributed by atoms with Crippen molar-refractivity contribution < 1.29 is 19.0 Å². The van der Waals surface area contributed by atoms with Crippen LogP contribution in [0.3, 0.4) is 0 Å². The van der Waals surface area contributed by atoms with E-state index in [1.807, 2.05) is 79.7 Å². The van der Waals surface area contributed by atoms with Crippen molar-refractivity contribution in [2.45, 2.75) is 6.92 Å². The highest BCUT2D eigenvalue weighted by atomic mass is 35.5. The molecule has 0 saturated carbocycles. The number of hydrogen-bond acceptors (Lipinski definition) is 6. The van der Waals surface area contributed by atoms with Gasteiger partial charge in [0, 0.05) is 0 Å². The zero-order chi connectivity index (χ0) is 23.9. The van der Waals surface area contributed by atoms with Crippen molar-refractivity contribution in [1.29, 1.82) is 0 Å². The molecule has 34 heavy (non-hydrogen) atoms. The molecule has 1 aliphatic heterocycles. The van der Waals surface area contributed by atoms with Gasteiger partial charge in [0.05, 0.1) is 22.2 Å². The van der Waals surface area contributed by atoms with Gasteiger partial charge in [-0.15, -0.1) is 0 Å². The summed E-state index contributed by atoms with van der Waals surface area (Å²) in [6, 6.07) is 22.2. The van der Waals surface area contributed by atoms with Gasteiger partial charge in [0.15, 0.2) is 15.8 Å². The molecule has 0 aromatic heterocycles. The van der Waals surface area contributed by atoms with Crippen LogP contribution in [0.2, 0.25) is 5.02 Å². The molecule has 0 bridgehead atoms. The molecule has 0 unspecified atom stereocenters. The van der Waals surface area contributed by atoms with Crippen LogP contribution in [0.1, 0.15) is 12.5 Å². The Morgan fingerprint density at radius 3 is 2.35 bits per heavy atom. The summed E-state index contributed by atoms with van der Waals surface area (Å²) in [6.45, 7) is 3.04. The van der Waals surface area contributed by atoms with Crippen molar-refractivity contribution in [1.82, 2.24) is 0 Å². The normalized spacial score (nSPS) is 14.5. The number of halogens is 1. The first-order valence-electron chi connectivity index (χ1n) is 10.7. The maximum Gasteiger partial charge on any atom is 0.270 e. The van der Waals surface area contributed by atoms with Crippen molar-refractivity contribution in [3.05, 3.63) is 88.3 Å². The van der Waals surface area contributed by atoms with Crippen LogP contribution in [-0.4, -0.2) is 30.0 Å². The fraction of sp³-hybridized carbons (Fsp3) is 0.154. The molecule has 3 aromatic rings. The number of para-hydroxylation sites is 2. The van der Waals surface area contributed by atoms with Crippen LogP contribution in [0.5, 0.6) is 17.2 Å². The largest absolute Gasteiger partial charge is 0.490 e. The molecule has 1 heterocycles. The number of amides is 1. The summed E-state index contributed by atoms with van der Waals surface area (Å²) in [7, 11) is 0. The molecular formula is C26H22ClNO4S2. The Balaban J connectivity index is 1.45. The van der Waals surface area contributed by atoms with Crippen LogP contribution in [0.15, 0.2) is 77.7 Å². The summed E-state index contributed by atoms with van der Waals surface area (Å²) in [6.07, 6.45) is 1.81. The van der Waals surface area contributed by atoms with E-state index >= 15 is 0 Å². The third-order valence-electron chi connectivity index (χ3n) is 4.81. The quantitative estimate of drug-likeness (QED) is 0.183. The summed E-state index contributed by atoms with van der Waals surface area (Å²) < 4.78 is 17.8. The van der Waals surface area contributed by atoms with E-state index in [-0.39, 0.29) is 5.91 Å². The van der Waals surface area contributed by atoms with E-state index in [0.29, 0.717) is 51.3 Å². The van der Waals surface area contributed by atoms with E-state index in [2.05, 4.69) is 0 Å². The van der Waals surface area contributed by atoms with Crippen molar-refractivity contribution in [3.63, 3.8) is 0 Å². The number of thioether (sulfide) groups is 1. The fourth-order valence-corrected chi connectivity index (χ4v) is 4.78. The average molecular weight is 512 g/mol. The Hall–Kier alpha value is -3.00. The number of carbonyl (C=O) groups excluding carboxylic acids is 1. The van der Waals surface area contributed by atoms with Crippen molar-refractivity contribution in [2.75, 3.05) is 24.7 Å². The minimum Gasteiger partial charge on any atom is -0.490 e. The van der Waals surface area contributed by atoms with Crippen LogP contribution in [0.25, 0.3) is 6.08 Å². The molecule has 0 aliphatic carbocycles. The number of benzene rings is 3. The number of rotatable bonds is 9. The van der Waals surface area contributed by atoms with Crippen molar-refractivity contribution in [2.24, 2.45) is 0 Å². The molecule has 5 nitrogen and oxygen atoms in total. The van der Waals surface area contributed by atoms with E-state index in [9.17, 15) is 4.79 Å². The lowest BCUT2D eigenvalue weighted by atomic mass is 10.1. The number of thiocarbonyl (C=S) groups is 1. The van der Waals surface area contributed by atoms with Gasteiger partial charge >= 0.3 is 0 Å². The predicted molar refractivity (Wildman–Crippen MR) is 142 cm³/mol. The summed E-state index contributed by atoms with van der Waals surface area (Å²) >= 11 is 12.8. The van der Waals surface area contributed by atoms with E-state index in [1.54, 1.807) is 11.0 Å². The Morgan fingerprint density at radius 2 is 1.62 bits per heavy atom. The first-order chi connectivity index (χ1) is 16.6. The zero-order valence-electron chi connectivity index (χ0n) is 18.4. The summed E-state index contributed by atoms with van der Waals surface area (Å²) in [5, 5.41) is 0.555. The van der Waals surface area contributed by atoms with Crippen molar-refractivity contribution >= 4 is 57.6 Å². The highest BCUT2D eigenvalue weighted by molar-refractivity contribution is 8.27. The molecule has 1 aliphatic rings. The maximum atomic E-state index is 13.0. The Labute approximate surface area is 213 Å². The number of carbonyl (C=O) groups is 1. The molecule has 3 aromatic carbocycles. The van der Waals surface area contributed by atoms with Gasteiger partial charge < -0.3 is 14.2 Å². The molecule has 4 rings (SSSR count). The zero-order valence-corrected chi connectivity index (χ0v) is 20.8. The van der Waals surface area contributed by atoms with Gasteiger partial charge in [0.1, 0.15) is 19.0 Å². The lowest BCUT2D eigenvalue weighted by Gasteiger charge is -2.14. The smallest absolute Gasteiger partial charge is 0.270 e. The summed E-state index contributed by atoms with van der Waals surface area (Å²) in [5.74, 6) is 1.66. The van der Waals surface area contributed by atoms with E-state index in [1.165, 1.54) is 11.8 Å². The number of hydrogen-bond donors (Lipinski definition) is 0. The van der Waals surface area contributed by atoms with E-state index in [0.717, 1.165) is 11.3 Å². The molecule has 0 radical (unpaired) electrons. The molecule has 0 atom stereocenters. The molecule has 8 heteroatoms. The highest BCUT2D eigenvalue weighted by Crippen LogP contribution is 2.37. The van der Waals surface area contributed by atoms with Gasteiger partial charge in [0.2, 0.25) is 0 Å². The van der Waals surface area contributed by atoms with Gasteiger partial charge in [-0.25, -0.2) is 0 Å². The second kappa shape index (κ2) is 11.4. The standard InChI is InChI=1S/C26H22ClNO4S2/c1-2-30-23-16-18(12-13-22(23)32-15-14-31-21-11-7-6-10-20(21)27)17-24-25(29)28(26(33)34-24)19-8-4-3-5-9-19/h3-13,16-17H,2,14-15H2,1H3. The first kappa shape index (κ1) is 24.1. The first-order valence-corrected chi connectivity index (χ1v) is 12.3. The Bertz CT molecular complexity index is 1220. The van der Waals surface area contributed by atoms with Gasteiger partial charge in [0.25, 0.3) is 5.91 Å². The summed E-state index contributed by atoms with van der Waals surface area (Å²) in [5.41, 5.74) is 1.57. The van der Waals surface area contributed by atoms with Crippen LogP contribution in [-0.2, 0) is 4.79 Å². The maximum absolute atomic E-state index is 13.0. The lowest BCUT2D eigenvalue weighted by molar-refractivity contribution is -0.113. The van der Waals surface area contributed by atoms with E-state index in [4.69, 9.17) is 38.0 Å². The van der Waals surface area contributed by atoms with Crippen LogP contribution in [0.4, 0.5) is 5.69 Å². The Kier molecular flexibility index (Phi) is 8.11. The minimum atomic E-state index is -0.142. The van der Waals surface area contributed by atoms with Crippen molar-refractivity contribution in [3.8, 4) is 17.2 Å². The van der Waals surface area contributed by atoms with Crippen LogP contribution < -0.4 is 19.1 Å². The molecule has 1 amide bonds. The van der Waals surface area contributed by atoms with E-state index < -0.39 is 0 Å². The SMILES string of the molecule is CCOc1cc(C=C2SC(=S)N(c3ccccc3)C2=O)ccc1OCCOc1ccccc1Cl. The molecule has 1 saturated heterocycles. The molecule has 0 spiro atoms. The fourth-order valence-electron chi connectivity index (χ4n) is 3.29. The Morgan fingerprint density at radius 1 is 0.912 bits per heavy atom. The number of nitrogens with zero attached hydrogens (tertiary/aromatic N) is 1. The second-order valence-electron chi connectivity index (χ2n) is 7.12. The molecule has 0 N–H and O–H groups in total. The van der Waals surface area contributed by atoms with Crippen LogP contribution in [0, 0.1) is 0 Å². The molecule has 1 fully saturated rings. The third kappa shape index (κ3) is 5.73. The van der Waals surface area contributed by atoms with Gasteiger partial charge in [-0.3, -0.25) is 9.69 Å². The number of anilines is 1. The van der Waals surface area contributed by atoms with Gasteiger partial charge in [-0.2, -0.15) is 0 Å². The predicted octanol–water partition coefficient (Wildman–Crippen LogP) is 6.60. The van der Waals surface area contributed by atoms with Gasteiger partial charge in [-0.05, 0) is 55.0 Å². The summed E-state index contributed by atoms with van der Waals surface area (Å²) in [4.78, 5) is 15.1. The second-order valence-corrected chi connectivity index (χ2v) is 9.20. The highest BCUT2D eigenvalue weighted by Gasteiger charge is 2.33. The topological polar surface area (TPSA) is 48.0 Å². The lowest BCUT2D eigenvalue weighted by Crippen LogP contribution is -2.27. The minimum absolute atomic E-state index is 0.142. The third-order valence-corrected chi connectivity index (χ3v) is 6.42. The monoisotopic (exact) mass is 511 g/mol. The molecule has 174 valence electrons.